The third-order valence-corrected chi connectivity index (χ3v) is 5.54. The molecule has 4 rings (SSSR count). The summed E-state index contributed by atoms with van der Waals surface area (Å²) in [6.07, 6.45) is 2.73. The van der Waals surface area contributed by atoms with Crippen molar-refractivity contribution in [3.05, 3.63) is 66.4 Å². The van der Waals surface area contributed by atoms with Gasteiger partial charge in [-0.1, -0.05) is 6.92 Å². The number of pyridine rings is 2. The molecule has 4 heterocycles. The van der Waals surface area contributed by atoms with Crippen LogP contribution in [0.1, 0.15) is 35.8 Å². The zero-order valence-corrected chi connectivity index (χ0v) is 17.9. The highest BCUT2D eigenvalue weighted by Gasteiger charge is 2.34. The second-order valence-electron chi connectivity index (χ2n) is 7.95. The second-order valence-corrected chi connectivity index (χ2v) is 7.95. The lowest BCUT2D eigenvalue weighted by Gasteiger charge is -2.38. The fourth-order valence-corrected chi connectivity index (χ4v) is 3.85. The van der Waals surface area contributed by atoms with Crippen LogP contribution in [0.4, 0.5) is 13.2 Å². The van der Waals surface area contributed by atoms with E-state index in [2.05, 4.69) is 26.9 Å². The Bertz CT molecular complexity index is 1110. The smallest absolute Gasteiger partial charge is 0.416 e. The molecule has 0 aromatic carbocycles. The lowest BCUT2D eigenvalue weighted by atomic mass is 9.92. The van der Waals surface area contributed by atoms with Crippen LogP contribution in [0.5, 0.6) is 5.88 Å². The van der Waals surface area contributed by atoms with Crippen molar-refractivity contribution in [2.45, 2.75) is 32.0 Å². The number of piperidine rings is 1. The second kappa shape index (κ2) is 9.51. The van der Waals surface area contributed by atoms with Crippen LogP contribution in [0.3, 0.4) is 0 Å². The average molecular weight is 457 g/mol. The Labute approximate surface area is 188 Å². The number of carbonyl (C=O) groups excluding carboxylic acids is 1. The molecule has 7 nitrogen and oxygen atoms in total. The topological polar surface area (TPSA) is 81.1 Å². The number of hydrogen-bond acceptors (Lipinski definition) is 6. The van der Waals surface area contributed by atoms with E-state index in [-0.39, 0.29) is 30.1 Å². The summed E-state index contributed by atoms with van der Waals surface area (Å²) in [7, 11) is 0. The first-order valence-corrected chi connectivity index (χ1v) is 10.5. The van der Waals surface area contributed by atoms with Crippen LogP contribution in [0.2, 0.25) is 0 Å². The van der Waals surface area contributed by atoms with Gasteiger partial charge in [0.15, 0.2) is 5.82 Å². The Balaban J connectivity index is 1.56. The Morgan fingerprint density at radius 1 is 1.09 bits per heavy atom. The fourth-order valence-electron chi connectivity index (χ4n) is 3.85. The van der Waals surface area contributed by atoms with E-state index in [4.69, 9.17) is 4.74 Å². The molecule has 0 aliphatic carbocycles. The van der Waals surface area contributed by atoms with Crippen LogP contribution in [-0.2, 0) is 6.18 Å². The first kappa shape index (κ1) is 22.6. The van der Waals surface area contributed by atoms with Gasteiger partial charge in [-0.15, -0.1) is 0 Å². The monoisotopic (exact) mass is 457 g/mol. The molecule has 1 saturated heterocycles. The van der Waals surface area contributed by atoms with Crippen molar-refractivity contribution in [1.29, 1.82) is 0 Å². The molecule has 0 N–H and O–H groups in total. The first-order chi connectivity index (χ1) is 15.8. The number of carbonyl (C=O) groups is 1. The van der Waals surface area contributed by atoms with Gasteiger partial charge in [0, 0.05) is 37.4 Å². The minimum Gasteiger partial charge on any atom is -0.475 e. The van der Waals surface area contributed by atoms with Gasteiger partial charge in [0.2, 0.25) is 5.88 Å². The van der Waals surface area contributed by atoms with Crippen LogP contribution < -0.4 is 4.74 Å². The zero-order valence-electron chi connectivity index (χ0n) is 17.9. The van der Waals surface area contributed by atoms with Crippen molar-refractivity contribution in [2.75, 3.05) is 13.2 Å². The number of nitrogens with zero attached hydrogens (tertiary/aromatic N) is 5. The molecule has 1 amide bonds. The summed E-state index contributed by atoms with van der Waals surface area (Å²) in [5, 5.41) is 0. The van der Waals surface area contributed by atoms with Gasteiger partial charge < -0.3 is 9.64 Å². The molecule has 2 atom stereocenters. The van der Waals surface area contributed by atoms with Gasteiger partial charge >= 0.3 is 6.18 Å². The van der Waals surface area contributed by atoms with E-state index in [0.717, 1.165) is 24.8 Å². The van der Waals surface area contributed by atoms with Crippen LogP contribution in [0.15, 0.2) is 55.1 Å². The summed E-state index contributed by atoms with van der Waals surface area (Å²) in [4.78, 5) is 31.8. The normalized spacial score (nSPS) is 18.7. The van der Waals surface area contributed by atoms with Crippen molar-refractivity contribution in [2.24, 2.45) is 5.92 Å². The quantitative estimate of drug-likeness (QED) is 0.569. The third kappa shape index (κ3) is 5.27. The molecule has 1 aliphatic heterocycles. The van der Waals surface area contributed by atoms with E-state index in [9.17, 15) is 18.0 Å². The van der Waals surface area contributed by atoms with Crippen molar-refractivity contribution in [1.82, 2.24) is 24.8 Å². The summed E-state index contributed by atoms with van der Waals surface area (Å²) >= 11 is 0. The van der Waals surface area contributed by atoms with E-state index in [1.807, 2.05) is 0 Å². The highest BCUT2D eigenvalue weighted by Crippen LogP contribution is 2.31. The molecule has 3 aromatic rings. The molecule has 0 spiro atoms. The lowest BCUT2D eigenvalue weighted by Crippen LogP contribution is -2.49. The average Bonchev–Trinajstić information content (AvgIpc) is 2.82. The maximum Gasteiger partial charge on any atom is 0.416 e. The molecule has 1 fully saturated rings. The van der Waals surface area contributed by atoms with E-state index in [1.165, 1.54) is 6.20 Å². The molecular weight excluding hydrogens is 435 g/mol. The number of alkyl halides is 3. The predicted molar refractivity (Wildman–Crippen MR) is 113 cm³/mol. The summed E-state index contributed by atoms with van der Waals surface area (Å²) in [5.41, 5.74) is -0.0974. The van der Waals surface area contributed by atoms with E-state index < -0.39 is 11.7 Å². The number of ether oxygens (including phenoxy) is 1. The van der Waals surface area contributed by atoms with E-state index >= 15 is 0 Å². The number of aromatic nitrogens is 4. The van der Waals surface area contributed by atoms with Gasteiger partial charge in [0.25, 0.3) is 5.91 Å². The Kier molecular flexibility index (Phi) is 6.52. The number of rotatable bonds is 5. The Morgan fingerprint density at radius 2 is 1.85 bits per heavy atom. The minimum absolute atomic E-state index is 0.0222. The standard InChI is InChI=1S/C23H22F3N5O2/c1-15-6-11-31(17(12-15)14-33-19-13-16(5-10-27-19)23(24,25)26)22(32)20-18(4-2-7-28-20)21-29-8-3-9-30-21/h2-5,7-10,13,15,17H,6,11-12,14H2,1H3/t15-,17-/m0/s1. The van der Waals surface area contributed by atoms with Crippen molar-refractivity contribution in [3.63, 3.8) is 0 Å². The predicted octanol–water partition coefficient (Wildman–Crippen LogP) is 4.27. The highest BCUT2D eigenvalue weighted by atomic mass is 19.4. The zero-order chi connectivity index (χ0) is 23.4. The van der Waals surface area contributed by atoms with Crippen LogP contribution in [0, 0.1) is 5.92 Å². The van der Waals surface area contributed by atoms with Crippen LogP contribution in [0.25, 0.3) is 11.4 Å². The Morgan fingerprint density at radius 3 is 2.61 bits per heavy atom. The van der Waals surface area contributed by atoms with Crippen molar-refractivity contribution >= 4 is 5.91 Å². The number of amides is 1. The van der Waals surface area contributed by atoms with E-state index in [0.29, 0.717) is 30.3 Å². The minimum atomic E-state index is -4.49. The number of likely N-dealkylation sites (tertiary alicyclic amines) is 1. The molecule has 1 aliphatic rings. The SMILES string of the molecule is C[C@H]1CCN(C(=O)c2ncccc2-c2ncccn2)[C@H](COc2cc(C(F)(F)F)ccn2)C1. The molecular formula is C23H22F3N5O2. The number of halogens is 3. The maximum absolute atomic E-state index is 13.5. The van der Waals surface area contributed by atoms with Crippen molar-refractivity contribution < 1.29 is 22.7 Å². The van der Waals surface area contributed by atoms with Gasteiger partial charge in [-0.2, -0.15) is 13.2 Å². The molecule has 0 unspecified atom stereocenters. The van der Waals surface area contributed by atoms with Gasteiger partial charge in [-0.3, -0.25) is 9.78 Å². The summed E-state index contributed by atoms with van der Waals surface area (Å²) in [6, 6.07) is 6.54. The van der Waals surface area contributed by atoms with Gasteiger partial charge in [0.1, 0.15) is 12.3 Å². The Hall–Kier alpha value is -3.56. The van der Waals surface area contributed by atoms with E-state index in [1.54, 1.807) is 35.5 Å². The fraction of sp³-hybridized carbons (Fsp3) is 0.348. The largest absolute Gasteiger partial charge is 0.475 e. The van der Waals surface area contributed by atoms with Crippen LogP contribution >= 0.6 is 0 Å². The molecule has 0 saturated carbocycles. The lowest BCUT2D eigenvalue weighted by molar-refractivity contribution is -0.137. The van der Waals surface area contributed by atoms with Gasteiger partial charge in [-0.05, 0) is 43.0 Å². The number of hydrogen-bond donors (Lipinski definition) is 0. The van der Waals surface area contributed by atoms with Crippen molar-refractivity contribution in [3.8, 4) is 17.3 Å². The summed E-state index contributed by atoms with van der Waals surface area (Å²) < 4.78 is 44.6. The summed E-state index contributed by atoms with van der Waals surface area (Å²) in [5.74, 6) is 0.292. The van der Waals surface area contributed by atoms with Crippen LogP contribution in [-0.4, -0.2) is 49.9 Å². The molecule has 3 aromatic heterocycles. The molecule has 172 valence electrons. The molecule has 0 bridgehead atoms. The van der Waals surface area contributed by atoms with Gasteiger partial charge in [-0.25, -0.2) is 15.0 Å². The molecule has 10 heteroatoms. The van der Waals surface area contributed by atoms with Gasteiger partial charge in [0.05, 0.1) is 17.2 Å². The first-order valence-electron chi connectivity index (χ1n) is 10.5. The summed E-state index contributed by atoms with van der Waals surface area (Å²) in [6.45, 7) is 2.57. The molecule has 0 radical (unpaired) electrons. The maximum atomic E-state index is 13.5. The highest BCUT2D eigenvalue weighted by molar-refractivity contribution is 5.98. The molecule has 33 heavy (non-hydrogen) atoms. The third-order valence-electron chi connectivity index (χ3n) is 5.54.